The zero-order valence-electron chi connectivity index (χ0n) is 11.3. The minimum absolute atomic E-state index is 0.0466. The fourth-order valence-corrected chi connectivity index (χ4v) is 2.05. The highest BCUT2D eigenvalue weighted by molar-refractivity contribution is 9.10. The first-order chi connectivity index (χ1) is 9.12. The van der Waals surface area contributed by atoms with Crippen LogP contribution in [0.1, 0.15) is 19.4 Å². The normalized spacial score (nSPS) is 11.9. The van der Waals surface area contributed by atoms with Crippen LogP contribution in [0.2, 0.25) is 0 Å². The van der Waals surface area contributed by atoms with Crippen LogP contribution in [-0.4, -0.2) is 42.2 Å². The van der Waals surface area contributed by atoms with Crippen LogP contribution in [0.15, 0.2) is 27.8 Å². The number of halogens is 1. The van der Waals surface area contributed by atoms with E-state index in [0.29, 0.717) is 17.9 Å². The molecule has 1 aromatic carbocycles. The first-order valence-corrected chi connectivity index (χ1v) is 7.04. The van der Waals surface area contributed by atoms with Crippen molar-refractivity contribution in [3.63, 3.8) is 0 Å². The number of oxime groups is 1. The molecule has 0 aliphatic carbocycles. The van der Waals surface area contributed by atoms with Gasteiger partial charge in [0.1, 0.15) is 12.4 Å². The van der Waals surface area contributed by atoms with Gasteiger partial charge in [-0.2, -0.15) is 0 Å². The van der Waals surface area contributed by atoms with E-state index in [0.717, 1.165) is 24.1 Å². The molecule has 0 unspecified atom stereocenters. The molecule has 0 aliphatic rings. The standard InChI is InChI=1S/C13H20BrN3O2/c1-3-17(4-2)7-8-19-12-9-10(14)5-6-11(12)13(15)16-18/h5-6,9,18H,3-4,7-8H2,1-2H3,(H2,15,16). The smallest absolute Gasteiger partial charge is 0.173 e. The Kier molecular flexibility index (Phi) is 6.66. The number of amidine groups is 1. The Morgan fingerprint density at radius 3 is 2.68 bits per heavy atom. The summed E-state index contributed by atoms with van der Waals surface area (Å²) in [5.41, 5.74) is 6.21. The highest BCUT2D eigenvalue weighted by Gasteiger charge is 2.09. The Morgan fingerprint density at radius 1 is 1.42 bits per heavy atom. The molecule has 0 aliphatic heterocycles. The molecule has 1 rings (SSSR count). The summed E-state index contributed by atoms with van der Waals surface area (Å²) in [5, 5.41) is 11.8. The largest absolute Gasteiger partial charge is 0.491 e. The van der Waals surface area contributed by atoms with Crippen molar-refractivity contribution >= 4 is 21.8 Å². The van der Waals surface area contributed by atoms with E-state index in [1.54, 1.807) is 6.07 Å². The third kappa shape index (κ3) is 4.72. The van der Waals surface area contributed by atoms with Gasteiger partial charge in [0, 0.05) is 11.0 Å². The zero-order valence-corrected chi connectivity index (χ0v) is 12.9. The van der Waals surface area contributed by atoms with Gasteiger partial charge < -0.3 is 20.6 Å². The van der Waals surface area contributed by atoms with E-state index in [1.807, 2.05) is 12.1 Å². The molecule has 5 nitrogen and oxygen atoms in total. The SMILES string of the molecule is CCN(CC)CCOc1cc(Br)ccc1/C(N)=N/O. The number of nitrogens with two attached hydrogens (primary N) is 1. The molecular formula is C13H20BrN3O2. The Morgan fingerprint density at radius 2 is 2.11 bits per heavy atom. The maximum atomic E-state index is 8.76. The lowest BCUT2D eigenvalue weighted by atomic mass is 10.2. The van der Waals surface area contributed by atoms with Crippen molar-refractivity contribution < 1.29 is 9.94 Å². The lowest BCUT2D eigenvalue weighted by molar-refractivity contribution is 0.222. The minimum atomic E-state index is 0.0466. The number of nitrogens with zero attached hydrogens (tertiary/aromatic N) is 2. The molecule has 0 fully saturated rings. The van der Waals surface area contributed by atoms with Gasteiger partial charge in [-0.25, -0.2) is 0 Å². The number of hydrogen-bond donors (Lipinski definition) is 2. The van der Waals surface area contributed by atoms with E-state index in [4.69, 9.17) is 15.7 Å². The van der Waals surface area contributed by atoms with E-state index in [1.165, 1.54) is 0 Å². The fraction of sp³-hybridized carbons (Fsp3) is 0.462. The van der Waals surface area contributed by atoms with E-state index >= 15 is 0 Å². The average molecular weight is 330 g/mol. The molecule has 106 valence electrons. The number of likely N-dealkylation sites (N-methyl/N-ethyl adjacent to an activating group) is 1. The summed E-state index contributed by atoms with van der Waals surface area (Å²) in [7, 11) is 0. The second-order valence-corrected chi connectivity index (χ2v) is 4.92. The van der Waals surface area contributed by atoms with Crippen LogP contribution < -0.4 is 10.5 Å². The van der Waals surface area contributed by atoms with Crippen molar-refractivity contribution in [2.45, 2.75) is 13.8 Å². The van der Waals surface area contributed by atoms with Crippen molar-refractivity contribution in [2.75, 3.05) is 26.2 Å². The van der Waals surface area contributed by atoms with Gasteiger partial charge in [-0.15, -0.1) is 0 Å². The van der Waals surface area contributed by atoms with E-state index in [-0.39, 0.29) is 5.84 Å². The predicted molar refractivity (Wildman–Crippen MR) is 79.9 cm³/mol. The van der Waals surface area contributed by atoms with Gasteiger partial charge >= 0.3 is 0 Å². The van der Waals surface area contributed by atoms with Crippen molar-refractivity contribution in [2.24, 2.45) is 10.9 Å². The summed E-state index contributed by atoms with van der Waals surface area (Å²) in [6.07, 6.45) is 0. The van der Waals surface area contributed by atoms with Gasteiger partial charge in [-0.05, 0) is 31.3 Å². The van der Waals surface area contributed by atoms with Crippen molar-refractivity contribution in [3.8, 4) is 5.75 Å². The lowest BCUT2D eigenvalue weighted by Gasteiger charge is -2.18. The molecule has 0 heterocycles. The highest BCUT2D eigenvalue weighted by atomic mass is 79.9. The van der Waals surface area contributed by atoms with Crippen LogP contribution >= 0.6 is 15.9 Å². The highest BCUT2D eigenvalue weighted by Crippen LogP contribution is 2.23. The van der Waals surface area contributed by atoms with E-state index in [9.17, 15) is 0 Å². The van der Waals surface area contributed by atoms with Crippen molar-refractivity contribution in [1.29, 1.82) is 0 Å². The predicted octanol–water partition coefficient (Wildman–Crippen LogP) is 2.26. The van der Waals surface area contributed by atoms with Gasteiger partial charge in [-0.3, -0.25) is 0 Å². The van der Waals surface area contributed by atoms with E-state index < -0.39 is 0 Å². The number of hydrogen-bond acceptors (Lipinski definition) is 4. The van der Waals surface area contributed by atoms with Crippen LogP contribution in [0, 0.1) is 0 Å². The molecule has 0 spiro atoms. The summed E-state index contributed by atoms with van der Waals surface area (Å²) >= 11 is 3.38. The third-order valence-electron chi connectivity index (χ3n) is 2.89. The molecule has 0 saturated heterocycles. The van der Waals surface area contributed by atoms with Gasteiger partial charge in [0.2, 0.25) is 0 Å². The summed E-state index contributed by atoms with van der Waals surface area (Å²) in [6.45, 7) is 7.62. The fourth-order valence-electron chi connectivity index (χ4n) is 1.71. The quantitative estimate of drug-likeness (QED) is 0.348. The van der Waals surface area contributed by atoms with Crippen LogP contribution in [0.3, 0.4) is 0 Å². The van der Waals surface area contributed by atoms with Crippen LogP contribution in [-0.2, 0) is 0 Å². The number of ether oxygens (including phenoxy) is 1. The summed E-state index contributed by atoms with van der Waals surface area (Å²) in [5.74, 6) is 0.655. The van der Waals surface area contributed by atoms with Crippen molar-refractivity contribution in [1.82, 2.24) is 4.90 Å². The first kappa shape index (κ1) is 15.8. The zero-order chi connectivity index (χ0) is 14.3. The maximum Gasteiger partial charge on any atom is 0.173 e. The van der Waals surface area contributed by atoms with Crippen LogP contribution in [0.25, 0.3) is 0 Å². The molecular weight excluding hydrogens is 310 g/mol. The van der Waals surface area contributed by atoms with Crippen molar-refractivity contribution in [3.05, 3.63) is 28.2 Å². The number of rotatable bonds is 7. The third-order valence-corrected chi connectivity index (χ3v) is 3.38. The first-order valence-electron chi connectivity index (χ1n) is 6.24. The lowest BCUT2D eigenvalue weighted by Crippen LogP contribution is -2.28. The molecule has 0 bridgehead atoms. The van der Waals surface area contributed by atoms with Gasteiger partial charge in [0.15, 0.2) is 5.84 Å². The summed E-state index contributed by atoms with van der Waals surface area (Å²) in [4.78, 5) is 2.27. The Hall–Kier alpha value is -1.27. The Bertz CT molecular complexity index is 434. The minimum Gasteiger partial charge on any atom is -0.491 e. The van der Waals surface area contributed by atoms with Crippen LogP contribution in [0.4, 0.5) is 0 Å². The molecule has 3 N–H and O–H groups in total. The Labute approximate surface area is 122 Å². The molecule has 0 radical (unpaired) electrons. The monoisotopic (exact) mass is 329 g/mol. The summed E-state index contributed by atoms with van der Waals surface area (Å²) < 4.78 is 6.62. The molecule has 6 heteroatoms. The maximum absolute atomic E-state index is 8.76. The molecule has 1 aromatic rings. The average Bonchev–Trinajstić information content (AvgIpc) is 2.43. The van der Waals surface area contributed by atoms with Crippen LogP contribution in [0.5, 0.6) is 5.75 Å². The van der Waals surface area contributed by atoms with E-state index in [2.05, 4.69) is 39.8 Å². The Balaban J connectivity index is 2.74. The topological polar surface area (TPSA) is 71.1 Å². The number of benzene rings is 1. The summed E-state index contributed by atoms with van der Waals surface area (Å²) in [6, 6.07) is 5.39. The molecule has 0 amide bonds. The molecule has 0 saturated carbocycles. The van der Waals surface area contributed by atoms with Gasteiger partial charge in [0.05, 0.1) is 5.56 Å². The second-order valence-electron chi connectivity index (χ2n) is 4.00. The van der Waals surface area contributed by atoms with Gasteiger partial charge in [0.25, 0.3) is 0 Å². The van der Waals surface area contributed by atoms with Gasteiger partial charge in [-0.1, -0.05) is 34.9 Å². The molecule has 0 aromatic heterocycles. The molecule has 19 heavy (non-hydrogen) atoms. The molecule has 0 atom stereocenters. The second kappa shape index (κ2) is 8.01.